The maximum atomic E-state index is 13.0. The number of allylic oxidation sites excluding steroid dienone is 7. The Bertz CT molecular complexity index is 836. The highest BCUT2D eigenvalue weighted by Crippen LogP contribution is 2.58. The molecule has 2 N–H and O–H groups in total. The lowest BCUT2D eigenvalue weighted by molar-refractivity contribution is -0.126. The zero-order valence-corrected chi connectivity index (χ0v) is 18.8. The number of fused-ring (bicyclic) bond motifs is 1. The van der Waals surface area contributed by atoms with Crippen LogP contribution in [0.5, 0.6) is 0 Å². The second kappa shape index (κ2) is 8.54. The topological polar surface area (TPSA) is 77.8 Å². The molecule has 5 nitrogen and oxygen atoms in total. The van der Waals surface area contributed by atoms with Crippen LogP contribution in [-0.4, -0.2) is 46.5 Å². The molecule has 1 aliphatic heterocycles. The number of Topliss-reactive ketones (excluding diaryl/α,β-unsaturated/α-hetero) is 1. The fraction of sp³-hybridized carbons (Fsp3) is 0.600. The number of likely N-dealkylation sites (tertiary alicyclic amines) is 1. The van der Waals surface area contributed by atoms with Crippen LogP contribution in [0.2, 0.25) is 0 Å². The summed E-state index contributed by atoms with van der Waals surface area (Å²) in [7, 11) is 1.50. The monoisotopic (exact) mass is 413 g/mol. The molecule has 2 aliphatic carbocycles. The molecule has 6 unspecified atom stereocenters. The number of likely N-dealkylation sites (N-methyl/N-ethyl adjacent to an activating group) is 1. The Kier molecular flexibility index (Phi) is 6.42. The number of carbonyl (C=O) groups is 2. The number of hydrogen-bond acceptors (Lipinski definition) is 4. The Labute approximate surface area is 179 Å². The van der Waals surface area contributed by atoms with Gasteiger partial charge in [0.15, 0.2) is 5.78 Å². The number of nitrogens with zero attached hydrogens (tertiary/aromatic N) is 1. The number of rotatable bonds is 4. The zero-order valence-electron chi connectivity index (χ0n) is 18.8. The van der Waals surface area contributed by atoms with Gasteiger partial charge in [-0.3, -0.25) is 9.59 Å². The van der Waals surface area contributed by atoms with Crippen LogP contribution < -0.4 is 0 Å². The molecule has 164 valence electrons. The van der Waals surface area contributed by atoms with Gasteiger partial charge in [-0.25, -0.2) is 0 Å². The van der Waals surface area contributed by atoms with E-state index in [1.165, 1.54) is 11.9 Å². The highest BCUT2D eigenvalue weighted by atomic mass is 16.3. The summed E-state index contributed by atoms with van der Waals surface area (Å²) < 4.78 is 0. The molecular formula is C25H35NO4. The number of hydrogen-bond donors (Lipinski definition) is 2. The maximum Gasteiger partial charge on any atom is 0.261 e. The summed E-state index contributed by atoms with van der Waals surface area (Å²) in [5.41, 5.74) is 0.259. The second-order valence-electron chi connectivity index (χ2n) is 9.47. The summed E-state index contributed by atoms with van der Waals surface area (Å²) in [6, 6.07) is -0.919. The summed E-state index contributed by atoms with van der Waals surface area (Å²) in [6.45, 7) is 7.86. The summed E-state index contributed by atoms with van der Waals surface area (Å²) >= 11 is 0. The average molecular weight is 414 g/mol. The van der Waals surface area contributed by atoms with E-state index in [9.17, 15) is 19.8 Å². The molecule has 0 aromatic rings. The molecule has 3 rings (SSSR count). The molecule has 0 bridgehead atoms. The van der Waals surface area contributed by atoms with Gasteiger partial charge < -0.3 is 15.1 Å². The third kappa shape index (κ3) is 3.47. The fourth-order valence-electron chi connectivity index (χ4n) is 5.92. The van der Waals surface area contributed by atoms with Gasteiger partial charge in [-0.2, -0.15) is 0 Å². The molecular weight excluding hydrogens is 378 g/mol. The molecule has 2 fully saturated rings. The van der Waals surface area contributed by atoms with E-state index in [-0.39, 0.29) is 23.2 Å². The van der Waals surface area contributed by atoms with Crippen LogP contribution in [-0.2, 0) is 9.59 Å². The normalized spacial score (nSPS) is 39.1. The molecule has 1 heterocycles. The summed E-state index contributed by atoms with van der Waals surface area (Å²) in [4.78, 5) is 27.1. The Morgan fingerprint density at radius 1 is 1.30 bits per heavy atom. The van der Waals surface area contributed by atoms with E-state index >= 15 is 0 Å². The minimum Gasteiger partial charge on any atom is -0.511 e. The first-order valence-electron chi connectivity index (χ1n) is 11.0. The van der Waals surface area contributed by atoms with Gasteiger partial charge in [0.1, 0.15) is 17.4 Å². The van der Waals surface area contributed by atoms with Crippen LogP contribution in [0.4, 0.5) is 0 Å². The Morgan fingerprint density at radius 2 is 2.00 bits per heavy atom. The van der Waals surface area contributed by atoms with E-state index in [0.717, 1.165) is 24.8 Å². The van der Waals surface area contributed by atoms with Gasteiger partial charge in [-0.1, -0.05) is 56.2 Å². The smallest absolute Gasteiger partial charge is 0.261 e. The van der Waals surface area contributed by atoms with Crippen molar-refractivity contribution < 1.29 is 19.8 Å². The highest BCUT2D eigenvalue weighted by Gasteiger charge is 2.55. The average Bonchev–Trinajstić information content (AvgIpc) is 2.91. The third-order valence-corrected chi connectivity index (χ3v) is 7.62. The van der Waals surface area contributed by atoms with Gasteiger partial charge >= 0.3 is 0 Å². The van der Waals surface area contributed by atoms with Crippen molar-refractivity contribution in [2.45, 2.75) is 53.0 Å². The quantitative estimate of drug-likeness (QED) is 0.240. The van der Waals surface area contributed by atoms with Crippen molar-refractivity contribution in [1.82, 2.24) is 4.90 Å². The number of aliphatic hydroxyl groups excluding tert-OH is 2. The lowest BCUT2D eigenvalue weighted by Gasteiger charge is -2.52. The molecule has 0 spiro atoms. The minimum absolute atomic E-state index is 0.104. The van der Waals surface area contributed by atoms with Crippen LogP contribution in [0.3, 0.4) is 0 Å². The van der Waals surface area contributed by atoms with Crippen LogP contribution in [0.1, 0.15) is 47.0 Å². The SMILES string of the molecule is C/C=C/C=C/C1C(C)=CC2CC(C)CCC2C1(C)/C(O)=C1/C(=O)C(CO)N(C)C1=O. The van der Waals surface area contributed by atoms with E-state index in [4.69, 9.17) is 0 Å². The summed E-state index contributed by atoms with van der Waals surface area (Å²) in [6.07, 6.45) is 13.4. The van der Waals surface area contributed by atoms with Gasteiger partial charge in [0, 0.05) is 18.4 Å². The first-order valence-corrected chi connectivity index (χ1v) is 11.0. The van der Waals surface area contributed by atoms with Crippen molar-refractivity contribution in [2.24, 2.45) is 29.1 Å². The largest absolute Gasteiger partial charge is 0.511 e. The molecule has 1 saturated heterocycles. The van der Waals surface area contributed by atoms with Crippen molar-refractivity contribution in [3.63, 3.8) is 0 Å². The van der Waals surface area contributed by atoms with E-state index in [2.05, 4.69) is 26.0 Å². The van der Waals surface area contributed by atoms with Crippen molar-refractivity contribution in [3.8, 4) is 0 Å². The van der Waals surface area contributed by atoms with Gasteiger partial charge in [0.25, 0.3) is 5.91 Å². The first kappa shape index (κ1) is 22.5. The minimum atomic E-state index is -0.919. The zero-order chi connectivity index (χ0) is 22.2. The van der Waals surface area contributed by atoms with Crippen molar-refractivity contribution in [2.75, 3.05) is 13.7 Å². The Morgan fingerprint density at radius 3 is 2.60 bits per heavy atom. The van der Waals surface area contributed by atoms with Crippen molar-refractivity contribution >= 4 is 11.7 Å². The second-order valence-corrected chi connectivity index (χ2v) is 9.47. The standard InChI is InChI=1S/C25H35NO4/c1-6-7-8-9-18-16(3)13-17-12-15(2)10-11-19(17)25(18,4)23(29)21-22(28)20(14-27)26(5)24(21)30/h6-9,13,15,17-20,27,29H,10-12,14H2,1-5H3/b7-6+,9-8+,23-21+. The van der Waals surface area contributed by atoms with E-state index in [0.29, 0.717) is 11.8 Å². The van der Waals surface area contributed by atoms with Gasteiger partial charge in [-0.05, 0) is 44.4 Å². The van der Waals surface area contributed by atoms with Crippen LogP contribution >= 0.6 is 0 Å². The van der Waals surface area contributed by atoms with E-state index in [1.54, 1.807) is 0 Å². The van der Waals surface area contributed by atoms with Crippen molar-refractivity contribution in [3.05, 3.63) is 47.3 Å². The number of amides is 1. The first-order chi connectivity index (χ1) is 14.2. The Hall–Kier alpha value is -2.14. The molecule has 6 atom stereocenters. The number of ketones is 1. The molecule has 1 saturated carbocycles. The lowest BCUT2D eigenvalue weighted by Crippen LogP contribution is -2.46. The van der Waals surface area contributed by atoms with Crippen LogP contribution in [0.25, 0.3) is 0 Å². The predicted molar refractivity (Wildman–Crippen MR) is 118 cm³/mol. The van der Waals surface area contributed by atoms with Crippen LogP contribution in [0.15, 0.2) is 47.3 Å². The number of carbonyl (C=O) groups excluding carboxylic acids is 2. The number of aliphatic hydroxyl groups is 2. The Balaban J connectivity index is 2.19. The molecule has 5 heteroatoms. The lowest BCUT2D eigenvalue weighted by atomic mass is 9.52. The van der Waals surface area contributed by atoms with Crippen molar-refractivity contribution in [1.29, 1.82) is 0 Å². The molecule has 30 heavy (non-hydrogen) atoms. The molecule has 3 aliphatic rings. The third-order valence-electron chi connectivity index (χ3n) is 7.62. The molecule has 1 amide bonds. The molecule has 0 aromatic heterocycles. The van der Waals surface area contributed by atoms with Gasteiger partial charge in [-0.15, -0.1) is 0 Å². The van der Waals surface area contributed by atoms with Gasteiger partial charge in [0.05, 0.1) is 6.61 Å². The summed E-state index contributed by atoms with van der Waals surface area (Å²) in [5, 5.41) is 21.2. The molecule has 0 aromatic carbocycles. The maximum absolute atomic E-state index is 13.0. The predicted octanol–water partition coefficient (Wildman–Crippen LogP) is 3.97. The summed E-state index contributed by atoms with van der Waals surface area (Å²) in [5.74, 6) is -0.128. The van der Waals surface area contributed by atoms with E-state index < -0.39 is 29.8 Å². The molecule has 0 radical (unpaired) electrons. The van der Waals surface area contributed by atoms with Crippen LogP contribution in [0, 0.1) is 29.1 Å². The highest BCUT2D eigenvalue weighted by molar-refractivity contribution is 6.26. The van der Waals surface area contributed by atoms with E-state index in [1.807, 2.05) is 32.1 Å². The van der Waals surface area contributed by atoms with Gasteiger partial charge in [0.2, 0.25) is 0 Å². The fourth-order valence-corrected chi connectivity index (χ4v) is 5.92.